The van der Waals surface area contributed by atoms with Gasteiger partial charge >= 0.3 is 0 Å². The van der Waals surface area contributed by atoms with Gasteiger partial charge in [0, 0.05) is 11.4 Å². The Hall–Kier alpha value is -1.77. The quantitative estimate of drug-likeness (QED) is 0.809. The molecule has 3 nitrogen and oxygen atoms in total. The summed E-state index contributed by atoms with van der Waals surface area (Å²) < 4.78 is 0. The molecule has 0 amide bonds. The molecule has 0 spiro atoms. The lowest BCUT2D eigenvalue weighted by Gasteiger charge is -2.06. The Morgan fingerprint density at radius 2 is 1.89 bits per heavy atom. The van der Waals surface area contributed by atoms with E-state index in [2.05, 4.69) is 27.6 Å². The highest BCUT2D eigenvalue weighted by atomic mass is 15.1. The van der Waals surface area contributed by atoms with Crippen LogP contribution in [0.5, 0.6) is 0 Å². The molecule has 0 fully saturated rings. The number of nitrogens with one attached hydrogen (secondary N) is 2. The minimum absolute atomic E-state index is 0.815. The van der Waals surface area contributed by atoms with Crippen molar-refractivity contribution in [2.24, 2.45) is 0 Å². The topological polar surface area (TPSA) is 40.7 Å². The van der Waals surface area contributed by atoms with Crippen molar-refractivity contribution in [1.29, 1.82) is 0 Å². The summed E-state index contributed by atoms with van der Waals surface area (Å²) in [5.74, 6) is 0. The predicted octanol–water partition coefficient (Wildman–Crippen LogP) is 3.29. The normalized spacial score (nSPS) is 14.9. The highest BCUT2D eigenvalue weighted by molar-refractivity contribution is 5.43. The molecule has 1 aliphatic rings. The maximum absolute atomic E-state index is 4.47. The maximum atomic E-state index is 4.47. The molecule has 0 atom stereocenters. The third-order valence-electron chi connectivity index (χ3n) is 3.63. The summed E-state index contributed by atoms with van der Waals surface area (Å²) in [5.41, 5.74) is 5.16. The summed E-state index contributed by atoms with van der Waals surface area (Å²) in [6.07, 6.45) is 6.27. The summed E-state index contributed by atoms with van der Waals surface area (Å²) in [4.78, 5) is 0. The Labute approximate surface area is 108 Å². The van der Waals surface area contributed by atoms with Gasteiger partial charge in [-0.25, -0.2) is 0 Å². The highest BCUT2D eigenvalue weighted by Gasteiger charge is 2.15. The van der Waals surface area contributed by atoms with Crippen LogP contribution in [0.15, 0.2) is 30.3 Å². The predicted molar refractivity (Wildman–Crippen MR) is 73.6 cm³/mol. The summed E-state index contributed by atoms with van der Waals surface area (Å²) >= 11 is 0. The van der Waals surface area contributed by atoms with E-state index in [4.69, 9.17) is 0 Å². The second-order valence-corrected chi connectivity index (χ2v) is 4.91. The standard InChI is InChI=1S/C15H19N3/c1-3-7-12(8-4-1)16-11-15-13-9-5-2-6-10-14(13)17-18-15/h1,3-4,7-8,16H,2,5-6,9-11H2,(H,17,18). The van der Waals surface area contributed by atoms with E-state index in [1.807, 2.05) is 18.2 Å². The third-order valence-corrected chi connectivity index (χ3v) is 3.63. The van der Waals surface area contributed by atoms with Crippen LogP contribution in [0.25, 0.3) is 0 Å². The lowest BCUT2D eigenvalue weighted by Crippen LogP contribution is -2.02. The molecule has 1 aromatic heterocycles. The van der Waals surface area contributed by atoms with Gasteiger partial charge in [0.15, 0.2) is 0 Å². The molecule has 0 bridgehead atoms. The number of aromatic nitrogens is 2. The summed E-state index contributed by atoms with van der Waals surface area (Å²) in [7, 11) is 0. The second kappa shape index (κ2) is 5.25. The molecule has 3 heteroatoms. The van der Waals surface area contributed by atoms with Gasteiger partial charge in [-0.15, -0.1) is 0 Å². The molecule has 0 unspecified atom stereocenters. The van der Waals surface area contributed by atoms with Crippen molar-refractivity contribution in [3.05, 3.63) is 47.3 Å². The number of hydrogen-bond acceptors (Lipinski definition) is 2. The van der Waals surface area contributed by atoms with Crippen LogP contribution in [-0.2, 0) is 19.4 Å². The Morgan fingerprint density at radius 3 is 2.78 bits per heavy atom. The average molecular weight is 241 g/mol. The fourth-order valence-electron chi connectivity index (χ4n) is 2.61. The molecule has 3 rings (SSSR count). The van der Waals surface area contributed by atoms with Crippen molar-refractivity contribution >= 4 is 5.69 Å². The second-order valence-electron chi connectivity index (χ2n) is 4.91. The number of anilines is 1. The van der Waals surface area contributed by atoms with Gasteiger partial charge in [-0.05, 0) is 43.4 Å². The summed E-state index contributed by atoms with van der Waals surface area (Å²) in [6, 6.07) is 10.3. The molecule has 1 aromatic carbocycles. The van der Waals surface area contributed by atoms with E-state index in [1.54, 1.807) is 0 Å². The van der Waals surface area contributed by atoms with Crippen molar-refractivity contribution in [2.45, 2.75) is 38.6 Å². The molecule has 94 valence electrons. The zero-order valence-electron chi connectivity index (χ0n) is 10.6. The number of hydrogen-bond donors (Lipinski definition) is 2. The first-order valence-corrected chi connectivity index (χ1v) is 6.77. The first kappa shape index (κ1) is 11.3. The van der Waals surface area contributed by atoms with Crippen LogP contribution >= 0.6 is 0 Å². The number of aryl methyl sites for hydroxylation is 1. The van der Waals surface area contributed by atoms with Gasteiger partial charge in [0.2, 0.25) is 0 Å². The van der Waals surface area contributed by atoms with Gasteiger partial charge in [0.05, 0.1) is 12.2 Å². The number of benzene rings is 1. The van der Waals surface area contributed by atoms with Crippen LogP contribution in [0.4, 0.5) is 5.69 Å². The Morgan fingerprint density at radius 1 is 1.06 bits per heavy atom. The molecule has 0 radical (unpaired) electrons. The van der Waals surface area contributed by atoms with Crippen LogP contribution in [0, 0.1) is 0 Å². The fraction of sp³-hybridized carbons (Fsp3) is 0.400. The smallest absolute Gasteiger partial charge is 0.0847 e. The van der Waals surface area contributed by atoms with Crippen LogP contribution in [0.3, 0.4) is 0 Å². The molecule has 0 saturated heterocycles. The lowest BCUT2D eigenvalue weighted by atomic mass is 10.1. The van der Waals surface area contributed by atoms with E-state index in [0.29, 0.717) is 0 Å². The number of para-hydroxylation sites is 1. The first-order valence-electron chi connectivity index (χ1n) is 6.77. The number of rotatable bonds is 3. The van der Waals surface area contributed by atoms with Gasteiger partial charge in [0.1, 0.15) is 0 Å². The third kappa shape index (κ3) is 2.40. The molecule has 2 aromatic rings. The van der Waals surface area contributed by atoms with Crippen molar-refractivity contribution < 1.29 is 0 Å². The largest absolute Gasteiger partial charge is 0.379 e. The summed E-state index contributed by atoms with van der Waals surface area (Å²) in [5, 5.41) is 11.1. The van der Waals surface area contributed by atoms with Crippen LogP contribution in [-0.4, -0.2) is 10.2 Å². The first-order chi connectivity index (χ1) is 8.93. The van der Waals surface area contributed by atoms with Crippen molar-refractivity contribution in [2.75, 3.05) is 5.32 Å². The van der Waals surface area contributed by atoms with E-state index < -0.39 is 0 Å². The molecular formula is C15H19N3. The minimum atomic E-state index is 0.815. The highest BCUT2D eigenvalue weighted by Crippen LogP contribution is 2.22. The van der Waals surface area contributed by atoms with Crippen molar-refractivity contribution in [3.8, 4) is 0 Å². The minimum Gasteiger partial charge on any atom is -0.379 e. The number of nitrogens with zero attached hydrogens (tertiary/aromatic N) is 1. The van der Waals surface area contributed by atoms with Gasteiger partial charge < -0.3 is 5.32 Å². The Bertz CT molecular complexity index is 502. The zero-order valence-corrected chi connectivity index (χ0v) is 10.6. The van der Waals surface area contributed by atoms with E-state index in [9.17, 15) is 0 Å². The Kier molecular flexibility index (Phi) is 3.31. The van der Waals surface area contributed by atoms with Gasteiger partial charge in [0.25, 0.3) is 0 Å². The maximum Gasteiger partial charge on any atom is 0.0847 e. The van der Waals surface area contributed by atoms with Crippen LogP contribution < -0.4 is 5.32 Å². The van der Waals surface area contributed by atoms with E-state index in [0.717, 1.165) is 18.7 Å². The molecule has 0 saturated carbocycles. The molecule has 18 heavy (non-hydrogen) atoms. The monoisotopic (exact) mass is 241 g/mol. The molecule has 1 heterocycles. The van der Waals surface area contributed by atoms with Crippen LogP contribution in [0.1, 0.15) is 36.2 Å². The fourth-order valence-corrected chi connectivity index (χ4v) is 2.61. The van der Waals surface area contributed by atoms with Gasteiger partial charge in [-0.3, -0.25) is 5.10 Å². The lowest BCUT2D eigenvalue weighted by molar-refractivity contribution is 0.699. The molecular weight excluding hydrogens is 222 g/mol. The molecule has 1 aliphatic carbocycles. The van der Waals surface area contributed by atoms with Gasteiger partial charge in [-0.2, -0.15) is 5.10 Å². The van der Waals surface area contributed by atoms with E-state index in [1.165, 1.54) is 42.6 Å². The zero-order chi connectivity index (χ0) is 12.2. The number of fused-ring (bicyclic) bond motifs is 1. The van der Waals surface area contributed by atoms with Crippen molar-refractivity contribution in [1.82, 2.24) is 10.2 Å². The SMILES string of the molecule is c1ccc(NCc2n[nH]c3c2CCCCC3)cc1. The van der Waals surface area contributed by atoms with E-state index in [-0.39, 0.29) is 0 Å². The van der Waals surface area contributed by atoms with Gasteiger partial charge in [-0.1, -0.05) is 24.6 Å². The number of aromatic amines is 1. The summed E-state index contributed by atoms with van der Waals surface area (Å²) in [6.45, 7) is 0.815. The Balaban J connectivity index is 1.72. The molecule has 2 N–H and O–H groups in total. The number of H-pyrrole nitrogens is 1. The average Bonchev–Trinajstić information content (AvgIpc) is 2.65. The van der Waals surface area contributed by atoms with Crippen molar-refractivity contribution in [3.63, 3.8) is 0 Å². The van der Waals surface area contributed by atoms with E-state index >= 15 is 0 Å². The molecule has 0 aliphatic heterocycles. The van der Waals surface area contributed by atoms with Crippen LogP contribution in [0.2, 0.25) is 0 Å².